The van der Waals surface area contributed by atoms with Crippen molar-refractivity contribution in [3.63, 3.8) is 0 Å². The molecule has 0 aromatic heterocycles. The second-order valence-corrected chi connectivity index (χ2v) is 6.76. The molecule has 6 heteroatoms. The van der Waals surface area contributed by atoms with Gasteiger partial charge in [-0.2, -0.15) is 0 Å². The quantitative estimate of drug-likeness (QED) is 0.698. The fourth-order valence-electron chi connectivity index (χ4n) is 2.89. The molecule has 0 spiro atoms. The van der Waals surface area contributed by atoms with Crippen LogP contribution in [0.25, 0.3) is 0 Å². The predicted molar refractivity (Wildman–Crippen MR) is 97.0 cm³/mol. The third-order valence-electron chi connectivity index (χ3n) is 4.95. The summed E-state index contributed by atoms with van der Waals surface area (Å²) in [7, 11) is 0. The number of hydrogen-bond acceptors (Lipinski definition) is 4. The molecular formula is C19H29N3O3. The van der Waals surface area contributed by atoms with E-state index < -0.39 is 5.41 Å². The van der Waals surface area contributed by atoms with Crippen molar-refractivity contribution in [1.29, 1.82) is 0 Å². The van der Waals surface area contributed by atoms with Crippen molar-refractivity contribution in [1.82, 2.24) is 10.6 Å². The van der Waals surface area contributed by atoms with Crippen LogP contribution in [0.4, 0.5) is 0 Å². The van der Waals surface area contributed by atoms with Gasteiger partial charge in [0.2, 0.25) is 5.91 Å². The van der Waals surface area contributed by atoms with Gasteiger partial charge in [0.05, 0.1) is 5.41 Å². The summed E-state index contributed by atoms with van der Waals surface area (Å²) in [4.78, 5) is 24.8. The Labute approximate surface area is 149 Å². The van der Waals surface area contributed by atoms with Crippen molar-refractivity contribution in [3.05, 3.63) is 35.4 Å². The van der Waals surface area contributed by atoms with Crippen LogP contribution in [0.1, 0.15) is 49.0 Å². The highest BCUT2D eigenvalue weighted by Crippen LogP contribution is 2.29. The van der Waals surface area contributed by atoms with E-state index in [1.807, 2.05) is 32.0 Å². The molecule has 1 aliphatic heterocycles. The minimum atomic E-state index is -0.538. The molecule has 0 saturated carbocycles. The summed E-state index contributed by atoms with van der Waals surface area (Å²) in [5.74, 6) is -0.127. The number of amides is 2. The molecule has 0 bridgehead atoms. The first kappa shape index (κ1) is 19.4. The van der Waals surface area contributed by atoms with Crippen LogP contribution in [0.2, 0.25) is 0 Å². The van der Waals surface area contributed by atoms with Crippen LogP contribution in [0, 0.1) is 5.41 Å². The van der Waals surface area contributed by atoms with Crippen LogP contribution < -0.4 is 16.4 Å². The lowest BCUT2D eigenvalue weighted by molar-refractivity contribution is -0.136. The number of benzene rings is 1. The van der Waals surface area contributed by atoms with E-state index in [0.717, 1.165) is 12.0 Å². The van der Waals surface area contributed by atoms with Gasteiger partial charge in [0.25, 0.3) is 5.91 Å². The van der Waals surface area contributed by atoms with E-state index in [2.05, 4.69) is 10.6 Å². The highest BCUT2D eigenvalue weighted by molar-refractivity contribution is 5.94. The van der Waals surface area contributed by atoms with E-state index in [-0.39, 0.29) is 17.9 Å². The van der Waals surface area contributed by atoms with Gasteiger partial charge in [0.15, 0.2) is 0 Å². The lowest BCUT2D eigenvalue weighted by Gasteiger charge is -2.34. The minimum Gasteiger partial charge on any atom is -0.381 e. The Balaban J connectivity index is 1.97. The van der Waals surface area contributed by atoms with Gasteiger partial charge < -0.3 is 21.1 Å². The lowest BCUT2D eigenvalue weighted by atomic mass is 9.79. The molecule has 25 heavy (non-hydrogen) atoms. The number of nitrogens with one attached hydrogen (secondary N) is 2. The highest BCUT2D eigenvalue weighted by atomic mass is 16.5. The molecule has 2 amide bonds. The van der Waals surface area contributed by atoms with E-state index in [1.54, 1.807) is 6.07 Å². The number of carbonyl (C=O) groups is 2. The van der Waals surface area contributed by atoms with Crippen LogP contribution in [0.3, 0.4) is 0 Å². The molecular weight excluding hydrogens is 318 g/mol. The average molecular weight is 347 g/mol. The van der Waals surface area contributed by atoms with Crippen molar-refractivity contribution < 1.29 is 14.3 Å². The van der Waals surface area contributed by atoms with Gasteiger partial charge in [-0.3, -0.25) is 9.59 Å². The molecule has 1 saturated heterocycles. The monoisotopic (exact) mass is 347 g/mol. The molecule has 1 unspecified atom stereocenters. The summed E-state index contributed by atoms with van der Waals surface area (Å²) >= 11 is 0. The molecule has 138 valence electrons. The van der Waals surface area contributed by atoms with Crippen LogP contribution in [-0.2, 0) is 16.1 Å². The van der Waals surface area contributed by atoms with Gasteiger partial charge in [-0.1, -0.05) is 19.1 Å². The average Bonchev–Trinajstić information content (AvgIpc) is 2.66. The van der Waals surface area contributed by atoms with E-state index in [4.69, 9.17) is 10.5 Å². The lowest BCUT2D eigenvalue weighted by Crippen LogP contribution is -2.48. The molecule has 1 aromatic rings. The first-order valence-corrected chi connectivity index (χ1v) is 8.96. The summed E-state index contributed by atoms with van der Waals surface area (Å²) in [6, 6.07) is 7.47. The van der Waals surface area contributed by atoms with Crippen molar-refractivity contribution in [2.45, 2.75) is 45.7 Å². The molecule has 2 rings (SSSR count). The summed E-state index contributed by atoms with van der Waals surface area (Å²) in [5, 5.41) is 5.92. The van der Waals surface area contributed by atoms with Gasteiger partial charge in [-0.05, 0) is 43.9 Å². The number of nitrogens with two attached hydrogens (primary N) is 1. The van der Waals surface area contributed by atoms with Crippen molar-refractivity contribution >= 4 is 11.8 Å². The summed E-state index contributed by atoms with van der Waals surface area (Å²) in [6.45, 7) is 5.83. The SMILES string of the molecule is CCC(C)NC(=O)c1cccc(CNC(=O)C2(CN)CCOCC2)c1. The maximum Gasteiger partial charge on any atom is 0.251 e. The zero-order valence-corrected chi connectivity index (χ0v) is 15.1. The van der Waals surface area contributed by atoms with E-state index in [1.165, 1.54) is 0 Å². The Bertz CT molecular complexity index is 597. The van der Waals surface area contributed by atoms with E-state index >= 15 is 0 Å². The number of rotatable bonds is 7. The number of ether oxygens (including phenoxy) is 1. The fraction of sp³-hybridized carbons (Fsp3) is 0.579. The fourth-order valence-corrected chi connectivity index (χ4v) is 2.89. The summed E-state index contributed by atoms with van der Waals surface area (Å²) < 4.78 is 5.34. The topological polar surface area (TPSA) is 93.5 Å². The maximum atomic E-state index is 12.6. The largest absolute Gasteiger partial charge is 0.381 e. The Kier molecular flexibility index (Phi) is 6.96. The molecule has 6 nitrogen and oxygen atoms in total. The maximum absolute atomic E-state index is 12.6. The van der Waals surface area contributed by atoms with Gasteiger partial charge >= 0.3 is 0 Å². The Morgan fingerprint density at radius 1 is 1.32 bits per heavy atom. The first-order chi connectivity index (χ1) is 12.0. The van der Waals surface area contributed by atoms with Gasteiger partial charge in [-0.15, -0.1) is 0 Å². The molecule has 1 aliphatic rings. The van der Waals surface area contributed by atoms with Crippen molar-refractivity contribution in [2.24, 2.45) is 11.1 Å². The van der Waals surface area contributed by atoms with E-state index in [0.29, 0.717) is 44.7 Å². The first-order valence-electron chi connectivity index (χ1n) is 8.96. The van der Waals surface area contributed by atoms with Gasteiger partial charge in [0.1, 0.15) is 0 Å². The van der Waals surface area contributed by atoms with Crippen LogP contribution in [-0.4, -0.2) is 37.6 Å². The molecule has 1 heterocycles. The van der Waals surface area contributed by atoms with Crippen molar-refractivity contribution in [3.8, 4) is 0 Å². The third kappa shape index (κ3) is 5.03. The predicted octanol–water partition coefficient (Wildman–Crippen LogP) is 1.59. The van der Waals surface area contributed by atoms with Crippen LogP contribution >= 0.6 is 0 Å². The minimum absolute atomic E-state index is 0.0345. The van der Waals surface area contributed by atoms with Crippen molar-refractivity contribution in [2.75, 3.05) is 19.8 Å². The number of carbonyl (C=O) groups excluding carboxylic acids is 2. The molecule has 0 aliphatic carbocycles. The highest BCUT2D eigenvalue weighted by Gasteiger charge is 2.38. The second-order valence-electron chi connectivity index (χ2n) is 6.76. The zero-order valence-electron chi connectivity index (χ0n) is 15.1. The van der Waals surface area contributed by atoms with Crippen LogP contribution in [0.15, 0.2) is 24.3 Å². The van der Waals surface area contributed by atoms with Gasteiger partial charge in [0, 0.05) is 37.9 Å². The Morgan fingerprint density at radius 3 is 2.68 bits per heavy atom. The molecule has 1 atom stereocenters. The third-order valence-corrected chi connectivity index (χ3v) is 4.95. The van der Waals surface area contributed by atoms with E-state index in [9.17, 15) is 9.59 Å². The molecule has 0 radical (unpaired) electrons. The molecule has 4 N–H and O–H groups in total. The summed E-state index contributed by atoms with van der Waals surface area (Å²) in [5.41, 5.74) is 6.82. The number of hydrogen-bond donors (Lipinski definition) is 3. The normalized spacial score (nSPS) is 17.6. The Hall–Kier alpha value is -1.92. The molecule has 1 aromatic carbocycles. The standard InChI is InChI=1S/C19H29N3O3/c1-3-14(2)22-17(23)16-6-4-5-15(11-16)12-21-18(24)19(13-20)7-9-25-10-8-19/h4-6,11,14H,3,7-10,12-13,20H2,1-2H3,(H,21,24)(H,22,23). The van der Waals surface area contributed by atoms with Crippen LogP contribution in [0.5, 0.6) is 0 Å². The Morgan fingerprint density at radius 2 is 2.04 bits per heavy atom. The summed E-state index contributed by atoms with van der Waals surface area (Å²) in [6.07, 6.45) is 2.17. The molecule has 1 fully saturated rings. The zero-order chi connectivity index (χ0) is 18.3. The van der Waals surface area contributed by atoms with Gasteiger partial charge in [-0.25, -0.2) is 0 Å². The second kappa shape index (κ2) is 8.97. The smallest absolute Gasteiger partial charge is 0.251 e.